The van der Waals surface area contributed by atoms with Gasteiger partial charge in [0.25, 0.3) is 0 Å². The van der Waals surface area contributed by atoms with Crippen LogP contribution in [0.3, 0.4) is 0 Å². The maximum atomic E-state index is 12.8. The van der Waals surface area contributed by atoms with Crippen molar-refractivity contribution in [3.63, 3.8) is 0 Å². The first-order valence-electron chi connectivity index (χ1n) is 26.8. The first kappa shape index (κ1) is 63.8. The Hall–Kier alpha value is -5.23. The topological polar surface area (TPSA) is 78.9 Å². The second kappa shape index (κ2) is 55.4. The minimum atomic E-state index is -0.830. The van der Waals surface area contributed by atoms with Crippen molar-refractivity contribution in [2.75, 3.05) is 13.2 Å². The maximum Gasteiger partial charge on any atom is 0.306 e. The molecule has 0 aliphatic rings. The van der Waals surface area contributed by atoms with Gasteiger partial charge in [-0.3, -0.25) is 14.4 Å². The van der Waals surface area contributed by atoms with E-state index in [-0.39, 0.29) is 37.5 Å². The third kappa shape index (κ3) is 53.6. The highest BCUT2D eigenvalue weighted by Gasteiger charge is 2.19. The summed E-state index contributed by atoms with van der Waals surface area (Å²) in [5.74, 6) is -1.03. The van der Waals surface area contributed by atoms with Crippen LogP contribution in [0.25, 0.3) is 0 Å². The van der Waals surface area contributed by atoms with Gasteiger partial charge < -0.3 is 14.2 Å². The first-order chi connectivity index (χ1) is 34.0. The molecular weight excluding hydrogens is 853 g/mol. The fourth-order valence-corrected chi connectivity index (χ4v) is 6.50. The van der Waals surface area contributed by atoms with Gasteiger partial charge in [-0.25, -0.2) is 0 Å². The van der Waals surface area contributed by atoms with E-state index in [9.17, 15) is 14.4 Å². The van der Waals surface area contributed by atoms with Gasteiger partial charge in [-0.1, -0.05) is 236 Å². The van der Waals surface area contributed by atoms with Crippen molar-refractivity contribution in [3.8, 4) is 0 Å². The van der Waals surface area contributed by atoms with Crippen molar-refractivity contribution in [2.24, 2.45) is 0 Å². The highest BCUT2D eigenvalue weighted by molar-refractivity contribution is 5.71. The van der Waals surface area contributed by atoms with Gasteiger partial charge in [0.05, 0.1) is 0 Å². The number of hydrogen-bond acceptors (Lipinski definition) is 6. The van der Waals surface area contributed by atoms with Crippen molar-refractivity contribution >= 4 is 17.9 Å². The predicted octanol–water partition coefficient (Wildman–Crippen LogP) is 18.0. The molecule has 0 saturated heterocycles. The van der Waals surface area contributed by atoms with E-state index in [0.29, 0.717) is 19.3 Å². The Bertz CT molecular complexity index is 1650. The Labute approximate surface area is 422 Å². The van der Waals surface area contributed by atoms with Crippen LogP contribution in [-0.4, -0.2) is 37.2 Å². The van der Waals surface area contributed by atoms with Gasteiger partial charge >= 0.3 is 17.9 Å². The fourth-order valence-electron chi connectivity index (χ4n) is 6.50. The standard InChI is InChI=1S/C63H94O6/c1-4-7-10-13-16-19-22-25-28-30-31-33-35-38-41-44-47-50-53-56-62(65)68-59-60(58-67-61(64)55-52-49-46-43-40-37-34-27-24-21-18-15-12-9-6-3)69-63(66)57-54-51-48-45-42-39-36-32-29-26-23-20-17-14-11-8-5-2/h7-12,14-21,23-26,28-29,31-33,36,38-39,41-42,60H,4-6,13,22,27,30,34-35,37,40,43-59H2,1-3H3/b10-7-,11-8-,12-9-,17-14-,18-15-,19-16-,23-20-,24-21-,28-25-,29-26-,33-31-,36-32+,41-38-,42-39-. The van der Waals surface area contributed by atoms with Gasteiger partial charge in [-0.2, -0.15) is 0 Å². The third-order valence-electron chi connectivity index (χ3n) is 10.4. The summed E-state index contributed by atoms with van der Waals surface area (Å²) in [6, 6.07) is 0. The van der Waals surface area contributed by atoms with Gasteiger partial charge in [-0.05, 0) is 103 Å². The summed E-state index contributed by atoms with van der Waals surface area (Å²) < 4.78 is 16.8. The van der Waals surface area contributed by atoms with E-state index >= 15 is 0 Å². The molecule has 0 saturated carbocycles. The molecule has 0 fully saturated rings. The number of allylic oxidation sites excluding steroid dienone is 28. The fraction of sp³-hybridized carbons (Fsp3) is 0.508. The van der Waals surface area contributed by atoms with E-state index in [0.717, 1.165) is 122 Å². The molecule has 0 spiro atoms. The van der Waals surface area contributed by atoms with Crippen molar-refractivity contribution in [3.05, 3.63) is 170 Å². The highest BCUT2D eigenvalue weighted by atomic mass is 16.6. The number of rotatable bonds is 45. The summed E-state index contributed by atoms with van der Waals surface area (Å²) in [5.41, 5.74) is 0. The van der Waals surface area contributed by atoms with E-state index in [4.69, 9.17) is 14.2 Å². The molecule has 0 heterocycles. The second-order valence-corrected chi connectivity index (χ2v) is 16.9. The molecule has 0 radical (unpaired) electrons. The number of carbonyl (C=O) groups is 3. The van der Waals surface area contributed by atoms with Gasteiger partial charge in [0, 0.05) is 19.3 Å². The lowest BCUT2D eigenvalue weighted by molar-refractivity contribution is -0.167. The van der Waals surface area contributed by atoms with Crippen molar-refractivity contribution in [1.29, 1.82) is 0 Å². The summed E-state index contributed by atoms with van der Waals surface area (Å²) in [7, 11) is 0. The van der Waals surface area contributed by atoms with E-state index in [2.05, 4.69) is 130 Å². The van der Waals surface area contributed by atoms with Crippen LogP contribution in [0.15, 0.2) is 170 Å². The van der Waals surface area contributed by atoms with Gasteiger partial charge in [0.1, 0.15) is 13.2 Å². The number of ether oxygens (including phenoxy) is 3. The van der Waals surface area contributed by atoms with Crippen LogP contribution in [0.2, 0.25) is 0 Å². The summed E-state index contributed by atoms with van der Waals surface area (Å²) in [6.07, 6.45) is 81.9. The highest BCUT2D eigenvalue weighted by Crippen LogP contribution is 2.12. The quantitative estimate of drug-likeness (QED) is 0.0199. The lowest BCUT2D eigenvalue weighted by Crippen LogP contribution is -2.30. The lowest BCUT2D eigenvalue weighted by Gasteiger charge is -2.18. The molecule has 0 aliphatic heterocycles. The normalized spacial score (nSPS) is 13.5. The lowest BCUT2D eigenvalue weighted by atomic mass is 10.1. The van der Waals surface area contributed by atoms with Crippen LogP contribution < -0.4 is 0 Å². The minimum absolute atomic E-state index is 0.123. The van der Waals surface area contributed by atoms with E-state index in [1.807, 2.05) is 60.8 Å². The maximum absolute atomic E-state index is 12.8. The monoisotopic (exact) mass is 947 g/mol. The van der Waals surface area contributed by atoms with Crippen LogP contribution >= 0.6 is 0 Å². The van der Waals surface area contributed by atoms with Crippen molar-refractivity contribution < 1.29 is 28.6 Å². The Morgan fingerprint density at radius 2 is 0.594 bits per heavy atom. The van der Waals surface area contributed by atoms with E-state index in [1.54, 1.807) is 0 Å². The zero-order chi connectivity index (χ0) is 50.0. The average molecular weight is 947 g/mol. The summed E-state index contributed by atoms with van der Waals surface area (Å²) in [4.78, 5) is 38.1. The number of carbonyl (C=O) groups excluding carboxylic acids is 3. The molecule has 382 valence electrons. The molecule has 0 aromatic carbocycles. The third-order valence-corrected chi connectivity index (χ3v) is 10.4. The Morgan fingerprint density at radius 3 is 1.00 bits per heavy atom. The molecule has 69 heavy (non-hydrogen) atoms. The molecule has 0 N–H and O–H groups in total. The van der Waals surface area contributed by atoms with Gasteiger partial charge in [0.2, 0.25) is 0 Å². The molecule has 6 nitrogen and oxygen atoms in total. The molecule has 0 rings (SSSR count). The largest absolute Gasteiger partial charge is 0.462 e. The molecule has 0 aliphatic carbocycles. The van der Waals surface area contributed by atoms with Crippen LogP contribution in [0, 0.1) is 0 Å². The molecule has 1 unspecified atom stereocenters. The molecule has 0 amide bonds. The SMILES string of the molecule is CC\C=C/C=C\C=C/C=C\C=C\C=C/CCCCCC(=O)OC(COC(=O)CCCCC/C=C\C/C=C\C/C=C\C/C=C\C/C=C\CC)COC(=O)CCCCCCCCC\C=C/C=C\C=C/CC. The number of esters is 3. The summed E-state index contributed by atoms with van der Waals surface area (Å²) >= 11 is 0. The van der Waals surface area contributed by atoms with Crippen LogP contribution in [0.5, 0.6) is 0 Å². The molecule has 0 bridgehead atoms. The van der Waals surface area contributed by atoms with Crippen molar-refractivity contribution in [1.82, 2.24) is 0 Å². The molecule has 6 heteroatoms. The van der Waals surface area contributed by atoms with E-state index < -0.39 is 6.10 Å². The zero-order valence-electron chi connectivity index (χ0n) is 43.5. The molecular formula is C63H94O6. The summed E-state index contributed by atoms with van der Waals surface area (Å²) in [5, 5.41) is 0. The Kier molecular flexibility index (Phi) is 51.2. The second-order valence-electron chi connectivity index (χ2n) is 16.9. The van der Waals surface area contributed by atoms with Crippen LogP contribution in [0.4, 0.5) is 0 Å². The minimum Gasteiger partial charge on any atom is -0.462 e. The van der Waals surface area contributed by atoms with Crippen LogP contribution in [-0.2, 0) is 28.6 Å². The average Bonchev–Trinajstić information content (AvgIpc) is 3.35. The summed E-state index contributed by atoms with van der Waals surface area (Å²) in [6.45, 7) is 6.14. The molecule has 0 aromatic rings. The molecule has 0 aromatic heterocycles. The smallest absolute Gasteiger partial charge is 0.306 e. The van der Waals surface area contributed by atoms with Gasteiger partial charge in [0.15, 0.2) is 6.10 Å². The Balaban J connectivity index is 4.60. The van der Waals surface area contributed by atoms with Crippen molar-refractivity contribution in [2.45, 2.75) is 194 Å². The number of hydrogen-bond donors (Lipinski definition) is 0. The Morgan fingerprint density at radius 1 is 0.304 bits per heavy atom. The molecule has 1 atom stereocenters. The number of unbranched alkanes of at least 4 members (excludes halogenated alkanes) is 13. The van der Waals surface area contributed by atoms with Gasteiger partial charge in [-0.15, -0.1) is 0 Å². The zero-order valence-corrected chi connectivity index (χ0v) is 43.5. The van der Waals surface area contributed by atoms with Crippen LogP contribution in [0.1, 0.15) is 188 Å². The first-order valence-corrected chi connectivity index (χ1v) is 26.8. The predicted molar refractivity (Wildman–Crippen MR) is 297 cm³/mol. The van der Waals surface area contributed by atoms with E-state index in [1.165, 1.54) is 19.3 Å².